The molecule has 1 saturated carbocycles. The average molecular weight is 287 g/mol. The third-order valence-corrected chi connectivity index (χ3v) is 5.36. The molecule has 116 valence electrons. The predicted molar refractivity (Wildman–Crippen MR) is 87.4 cm³/mol. The summed E-state index contributed by atoms with van der Waals surface area (Å²) in [5.74, 6) is 1.67. The SMILES string of the molecule is CCNC(C1CCC(C)CC1)C1OCCc2ccccc21. The summed E-state index contributed by atoms with van der Waals surface area (Å²) >= 11 is 0. The number of ether oxygens (including phenoxy) is 1. The molecule has 1 aliphatic heterocycles. The van der Waals surface area contributed by atoms with Gasteiger partial charge in [0.1, 0.15) is 0 Å². The van der Waals surface area contributed by atoms with Crippen LogP contribution in [0.1, 0.15) is 56.8 Å². The van der Waals surface area contributed by atoms with Gasteiger partial charge in [0.25, 0.3) is 0 Å². The maximum absolute atomic E-state index is 6.24. The van der Waals surface area contributed by atoms with Gasteiger partial charge in [0.15, 0.2) is 0 Å². The minimum absolute atomic E-state index is 0.244. The van der Waals surface area contributed by atoms with Gasteiger partial charge in [-0.1, -0.05) is 51.0 Å². The van der Waals surface area contributed by atoms with Gasteiger partial charge in [-0.15, -0.1) is 0 Å². The van der Waals surface area contributed by atoms with E-state index in [-0.39, 0.29) is 6.10 Å². The van der Waals surface area contributed by atoms with Crippen molar-refractivity contribution in [1.29, 1.82) is 0 Å². The minimum Gasteiger partial charge on any atom is -0.372 e. The second-order valence-corrected chi connectivity index (χ2v) is 6.84. The zero-order valence-electron chi connectivity index (χ0n) is 13.5. The molecule has 1 heterocycles. The Bertz CT molecular complexity index is 451. The highest BCUT2D eigenvalue weighted by Crippen LogP contribution is 2.38. The van der Waals surface area contributed by atoms with E-state index in [4.69, 9.17) is 4.74 Å². The largest absolute Gasteiger partial charge is 0.372 e. The molecule has 2 heteroatoms. The third-order valence-electron chi connectivity index (χ3n) is 5.36. The molecule has 0 spiro atoms. The van der Waals surface area contributed by atoms with Crippen molar-refractivity contribution < 1.29 is 4.74 Å². The summed E-state index contributed by atoms with van der Waals surface area (Å²) in [4.78, 5) is 0. The van der Waals surface area contributed by atoms with Gasteiger partial charge in [-0.05, 0) is 48.8 Å². The maximum atomic E-state index is 6.24. The van der Waals surface area contributed by atoms with Gasteiger partial charge in [-0.3, -0.25) is 0 Å². The van der Waals surface area contributed by atoms with Gasteiger partial charge < -0.3 is 10.1 Å². The Labute approximate surface area is 129 Å². The van der Waals surface area contributed by atoms with Crippen LogP contribution in [-0.4, -0.2) is 19.2 Å². The topological polar surface area (TPSA) is 21.3 Å². The molecule has 1 N–H and O–H groups in total. The van der Waals surface area contributed by atoms with Crippen LogP contribution in [0.3, 0.4) is 0 Å². The number of nitrogens with one attached hydrogen (secondary N) is 1. The molecular weight excluding hydrogens is 258 g/mol. The first kappa shape index (κ1) is 15.1. The van der Waals surface area contributed by atoms with Gasteiger partial charge in [0.05, 0.1) is 12.7 Å². The highest BCUT2D eigenvalue weighted by atomic mass is 16.5. The van der Waals surface area contributed by atoms with Crippen molar-refractivity contribution in [3.8, 4) is 0 Å². The third kappa shape index (κ3) is 3.32. The number of rotatable bonds is 4. The van der Waals surface area contributed by atoms with E-state index in [0.717, 1.165) is 31.4 Å². The van der Waals surface area contributed by atoms with Crippen LogP contribution >= 0.6 is 0 Å². The lowest BCUT2D eigenvalue weighted by atomic mass is 9.76. The summed E-state index contributed by atoms with van der Waals surface area (Å²) < 4.78 is 6.24. The first-order chi connectivity index (χ1) is 10.3. The Kier molecular flexibility index (Phi) is 4.97. The molecule has 0 bridgehead atoms. The molecule has 2 atom stereocenters. The summed E-state index contributed by atoms with van der Waals surface area (Å²) in [6.45, 7) is 6.50. The van der Waals surface area contributed by atoms with E-state index in [2.05, 4.69) is 43.4 Å². The Morgan fingerprint density at radius 3 is 2.71 bits per heavy atom. The minimum atomic E-state index is 0.244. The van der Waals surface area contributed by atoms with Crippen LogP contribution < -0.4 is 5.32 Å². The molecule has 1 aliphatic carbocycles. The maximum Gasteiger partial charge on any atom is 0.0983 e. The number of benzene rings is 1. The summed E-state index contributed by atoms with van der Waals surface area (Å²) in [5, 5.41) is 3.75. The van der Waals surface area contributed by atoms with Crippen molar-refractivity contribution in [1.82, 2.24) is 5.32 Å². The van der Waals surface area contributed by atoms with Crippen LogP contribution in [0.2, 0.25) is 0 Å². The number of likely N-dealkylation sites (N-methyl/N-ethyl adjacent to an activating group) is 1. The fraction of sp³-hybridized carbons (Fsp3) is 0.684. The first-order valence-electron chi connectivity index (χ1n) is 8.72. The molecule has 21 heavy (non-hydrogen) atoms. The van der Waals surface area contributed by atoms with Crippen LogP contribution in [0.4, 0.5) is 0 Å². The number of hydrogen-bond donors (Lipinski definition) is 1. The van der Waals surface area contributed by atoms with Crippen LogP contribution in [0.5, 0.6) is 0 Å². The molecule has 0 radical (unpaired) electrons. The molecule has 0 saturated heterocycles. The number of fused-ring (bicyclic) bond motifs is 1. The van der Waals surface area contributed by atoms with Crippen LogP contribution in [0, 0.1) is 11.8 Å². The van der Waals surface area contributed by atoms with Crippen LogP contribution in [0.25, 0.3) is 0 Å². The van der Waals surface area contributed by atoms with E-state index in [9.17, 15) is 0 Å². The molecule has 2 aliphatic rings. The van der Waals surface area contributed by atoms with Crippen molar-refractivity contribution in [3.63, 3.8) is 0 Å². The van der Waals surface area contributed by atoms with E-state index in [0.29, 0.717) is 6.04 Å². The highest BCUT2D eigenvalue weighted by Gasteiger charge is 2.35. The first-order valence-corrected chi connectivity index (χ1v) is 8.72. The van der Waals surface area contributed by atoms with Gasteiger partial charge in [0.2, 0.25) is 0 Å². The van der Waals surface area contributed by atoms with Crippen molar-refractivity contribution in [2.45, 2.75) is 58.1 Å². The molecule has 3 rings (SSSR count). The standard InChI is InChI=1S/C19H29NO/c1-3-20-18(16-10-8-14(2)9-11-16)19-17-7-5-4-6-15(17)12-13-21-19/h4-7,14,16,18-20H,3,8-13H2,1-2H3. The van der Waals surface area contributed by atoms with Crippen molar-refractivity contribution in [2.75, 3.05) is 13.2 Å². The summed E-state index contributed by atoms with van der Waals surface area (Å²) in [7, 11) is 0. The highest BCUT2D eigenvalue weighted by molar-refractivity contribution is 5.32. The predicted octanol–water partition coefficient (Wildman–Crippen LogP) is 4.10. The lowest BCUT2D eigenvalue weighted by molar-refractivity contribution is -0.00689. The molecular formula is C19H29NO. The fourth-order valence-electron chi connectivity index (χ4n) is 4.12. The molecule has 2 nitrogen and oxygen atoms in total. The molecule has 1 aromatic rings. The normalized spacial score (nSPS) is 30.7. The molecule has 0 aromatic heterocycles. The van der Waals surface area contributed by atoms with Crippen molar-refractivity contribution >= 4 is 0 Å². The van der Waals surface area contributed by atoms with Gasteiger partial charge in [0, 0.05) is 6.04 Å². The fourth-order valence-corrected chi connectivity index (χ4v) is 4.12. The van der Waals surface area contributed by atoms with E-state index in [1.54, 1.807) is 0 Å². The second-order valence-electron chi connectivity index (χ2n) is 6.84. The summed E-state index contributed by atoms with van der Waals surface area (Å²) in [5.41, 5.74) is 2.91. The van der Waals surface area contributed by atoms with E-state index < -0.39 is 0 Å². The summed E-state index contributed by atoms with van der Waals surface area (Å²) in [6.07, 6.45) is 6.75. The Morgan fingerprint density at radius 1 is 1.19 bits per heavy atom. The van der Waals surface area contributed by atoms with E-state index in [1.165, 1.54) is 36.8 Å². The van der Waals surface area contributed by atoms with Crippen LogP contribution in [-0.2, 0) is 11.2 Å². The van der Waals surface area contributed by atoms with Crippen molar-refractivity contribution in [2.24, 2.45) is 11.8 Å². The van der Waals surface area contributed by atoms with Gasteiger partial charge >= 0.3 is 0 Å². The molecule has 0 amide bonds. The van der Waals surface area contributed by atoms with E-state index >= 15 is 0 Å². The average Bonchev–Trinajstić information content (AvgIpc) is 2.53. The number of hydrogen-bond acceptors (Lipinski definition) is 2. The molecule has 2 unspecified atom stereocenters. The lowest BCUT2D eigenvalue weighted by Gasteiger charge is -2.40. The molecule has 1 aromatic carbocycles. The Hall–Kier alpha value is -0.860. The van der Waals surface area contributed by atoms with Gasteiger partial charge in [-0.25, -0.2) is 0 Å². The second kappa shape index (κ2) is 6.93. The monoisotopic (exact) mass is 287 g/mol. The van der Waals surface area contributed by atoms with E-state index in [1.807, 2.05) is 0 Å². The Balaban J connectivity index is 1.81. The lowest BCUT2D eigenvalue weighted by Crippen LogP contribution is -2.44. The molecule has 1 fully saturated rings. The summed E-state index contributed by atoms with van der Waals surface area (Å²) in [6, 6.07) is 9.34. The zero-order valence-corrected chi connectivity index (χ0v) is 13.5. The smallest absolute Gasteiger partial charge is 0.0983 e. The quantitative estimate of drug-likeness (QED) is 0.900. The van der Waals surface area contributed by atoms with Gasteiger partial charge in [-0.2, -0.15) is 0 Å². The zero-order chi connectivity index (χ0) is 14.7. The Morgan fingerprint density at radius 2 is 1.95 bits per heavy atom. The van der Waals surface area contributed by atoms with Crippen molar-refractivity contribution in [3.05, 3.63) is 35.4 Å². The van der Waals surface area contributed by atoms with Crippen LogP contribution in [0.15, 0.2) is 24.3 Å².